The molecule has 0 saturated carbocycles. The molecule has 1 N–H and O–H groups in total. The first-order chi connectivity index (χ1) is 12.8. The van der Waals surface area contributed by atoms with E-state index in [0.717, 1.165) is 11.8 Å². The van der Waals surface area contributed by atoms with E-state index >= 15 is 0 Å². The van der Waals surface area contributed by atoms with Gasteiger partial charge in [0.25, 0.3) is 5.91 Å². The van der Waals surface area contributed by atoms with Gasteiger partial charge in [-0.1, -0.05) is 12.1 Å². The number of methoxy groups -OCH3 is 1. The average molecular weight is 392 g/mol. The van der Waals surface area contributed by atoms with Crippen molar-refractivity contribution in [2.24, 2.45) is 0 Å². The van der Waals surface area contributed by atoms with Gasteiger partial charge in [0.2, 0.25) is 10.0 Å². The molecule has 0 aliphatic rings. The van der Waals surface area contributed by atoms with E-state index < -0.39 is 21.9 Å². The van der Waals surface area contributed by atoms with E-state index in [9.17, 15) is 18.0 Å². The first-order valence-corrected chi connectivity index (χ1v) is 9.81. The number of benzene rings is 1. The maximum atomic E-state index is 12.1. The average Bonchev–Trinajstić information content (AvgIpc) is 2.67. The van der Waals surface area contributed by atoms with Crippen LogP contribution in [0.25, 0.3) is 0 Å². The second-order valence-corrected chi connectivity index (χ2v) is 7.34. The molecule has 8 nitrogen and oxygen atoms in total. The van der Waals surface area contributed by atoms with Crippen LogP contribution < -0.4 is 9.46 Å². The fraction of sp³-hybridized carbons (Fsp3) is 0.278. The van der Waals surface area contributed by atoms with Gasteiger partial charge < -0.3 is 9.47 Å². The maximum absolute atomic E-state index is 12.1. The van der Waals surface area contributed by atoms with Crippen LogP contribution in [0.3, 0.4) is 0 Å². The van der Waals surface area contributed by atoms with E-state index in [1.54, 1.807) is 38.3 Å². The fourth-order valence-electron chi connectivity index (χ4n) is 2.15. The van der Waals surface area contributed by atoms with E-state index in [1.807, 2.05) is 4.72 Å². The Bertz CT molecular complexity index is 892. The summed E-state index contributed by atoms with van der Waals surface area (Å²) in [5.74, 6) is -1.00. The lowest BCUT2D eigenvalue weighted by Crippen LogP contribution is -2.33. The van der Waals surface area contributed by atoms with Crippen LogP contribution in [0.1, 0.15) is 33.3 Å². The van der Waals surface area contributed by atoms with Crippen molar-refractivity contribution in [3.8, 4) is 5.75 Å². The molecule has 0 fully saturated rings. The third kappa shape index (κ3) is 6.07. The molecule has 1 aromatic heterocycles. The van der Waals surface area contributed by atoms with Crippen molar-refractivity contribution < 1.29 is 27.5 Å². The molecule has 0 atom stereocenters. The number of pyridine rings is 1. The Morgan fingerprint density at radius 3 is 2.37 bits per heavy atom. The molecule has 0 saturated heterocycles. The number of aryl methyl sites for hydroxylation is 1. The zero-order valence-electron chi connectivity index (χ0n) is 15.0. The van der Waals surface area contributed by atoms with Crippen molar-refractivity contribution in [1.82, 2.24) is 9.71 Å². The fourth-order valence-corrected chi connectivity index (χ4v) is 3.16. The Morgan fingerprint density at radius 1 is 1.11 bits per heavy atom. The van der Waals surface area contributed by atoms with Gasteiger partial charge in [-0.25, -0.2) is 22.9 Å². The molecule has 0 bridgehead atoms. The van der Waals surface area contributed by atoms with Crippen LogP contribution in [0.15, 0.2) is 42.6 Å². The number of rotatable bonds is 8. The molecule has 1 amide bonds. The Kier molecular flexibility index (Phi) is 6.89. The number of aromatic nitrogens is 1. The molecule has 0 radical (unpaired) electrons. The van der Waals surface area contributed by atoms with Gasteiger partial charge in [-0.15, -0.1) is 0 Å². The normalized spacial score (nSPS) is 10.9. The van der Waals surface area contributed by atoms with Crippen LogP contribution in [0, 0.1) is 0 Å². The standard InChI is InChI=1S/C18H20N2O6S/c1-3-26-18(22)16-9-6-14(12-19-16)17(21)20-27(23,24)11-10-13-4-7-15(25-2)8-5-13/h4-9,12H,3,10-11H2,1-2H3,(H,20,21). The van der Waals surface area contributed by atoms with E-state index in [1.165, 1.54) is 12.1 Å². The smallest absolute Gasteiger partial charge is 0.356 e. The molecule has 27 heavy (non-hydrogen) atoms. The topological polar surface area (TPSA) is 112 Å². The van der Waals surface area contributed by atoms with Crippen LogP contribution in [0.5, 0.6) is 5.75 Å². The first kappa shape index (κ1) is 20.4. The van der Waals surface area contributed by atoms with Crippen molar-refractivity contribution >= 4 is 21.9 Å². The monoisotopic (exact) mass is 392 g/mol. The molecule has 0 unspecified atom stereocenters. The zero-order valence-corrected chi connectivity index (χ0v) is 15.8. The summed E-state index contributed by atoms with van der Waals surface area (Å²) in [7, 11) is -2.28. The SMILES string of the molecule is CCOC(=O)c1ccc(C(=O)NS(=O)(=O)CCc2ccc(OC)cc2)cn1. The van der Waals surface area contributed by atoms with Gasteiger partial charge in [-0.05, 0) is 43.2 Å². The van der Waals surface area contributed by atoms with Gasteiger partial charge in [0, 0.05) is 6.20 Å². The summed E-state index contributed by atoms with van der Waals surface area (Å²) >= 11 is 0. The molecule has 0 aliphatic heterocycles. The van der Waals surface area contributed by atoms with Crippen molar-refractivity contribution in [3.63, 3.8) is 0 Å². The minimum Gasteiger partial charge on any atom is -0.497 e. The zero-order chi connectivity index (χ0) is 19.9. The molecule has 144 valence electrons. The number of amides is 1. The van der Waals surface area contributed by atoms with Crippen molar-refractivity contribution in [1.29, 1.82) is 0 Å². The lowest BCUT2D eigenvalue weighted by Gasteiger charge is -2.08. The summed E-state index contributed by atoms with van der Waals surface area (Å²) in [5, 5.41) is 0. The van der Waals surface area contributed by atoms with Gasteiger partial charge in [0.05, 0.1) is 25.0 Å². The van der Waals surface area contributed by atoms with E-state index in [2.05, 4.69) is 4.98 Å². The molecule has 2 aromatic rings. The molecule has 1 heterocycles. The Balaban J connectivity index is 1.95. The van der Waals surface area contributed by atoms with Crippen LogP contribution in [-0.2, 0) is 21.2 Å². The lowest BCUT2D eigenvalue weighted by atomic mass is 10.2. The number of sulfonamides is 1. The molecule has 0 spiro atoms. The first-order valence-electron chi connectivity index (χ1n) is 8.15. The van der Waals surface area contributed by atoms with E-state index in [4.69, 9.17) is 9.47 Å². The lowest BCUT2D eigenvalue weighted by molar-refractivity contribution is 0.0519. The summed E-state index contributed by atoms with van der Waals surface area (Å²) < 4.78 is 36.1. The summed E-state index contributed by atoms with van der Waals surface area (Å²) in [5.41, 5.74) is 0.862. The van der Waals surface area contributed by atoms with E-state index in [-0.39, 0.29) is 30.0 Å². The molecule has 2 rings (SSSR count). The number of hydrogen-bond acceptors (Lipinski definition) is 7. The highest BCUT2D eigenvalue weighted by Crippen LogP contribution is 2.12. The number of nitrogens with one attached hydrogen (secondary N) is 1. The number of esters is 1. The predicted molar refractivity (Wildman–Crippen MR) is 98.1 cm³/mol. The summed E-state index contributed by atoms with van der Waals surface area (Å²) in [6.45, 7) is 1.87. The van der Waals surface area contributed by atoms with Crippen LogP contribution in [0.2, 0.25) is 0 Å². The number of ether oxygens (including phenoxy) is 2. The number of nitrogens with zero attached hydrogens (tertiary/aromatic N) is 1. The minimum absolute atomic E-state index is 0.0241. The quantitative estimate of drug-likeness (QED) is 0.679. The van der Waals surface area contributed by atoms with Crippen molar-refractivity contribution in [3.05, 3.63) is 59.4 Å². The Morgan fingerprint density at radius 2 is 1.81 bits per heavy atom. The van der Waals surface area contributed by atoms with Gasteiger partial charge in [0.15, 0.2) is 0 Å². The maximum Gasteiger partial charge on any atom is 0.356 e. The van der Waals surface area contributed by atoms with Gasteiger partial charge in [0.1, 0.15) is 11.4 Å². The van der Waals surface area contributed by atoms with Gasteiger partial charge >= 0.3 is 5.97 Å². The van der Waals surface area contributed by atoms with Crippen LogP contribution in [0.4, 0.5) is 0 Å². The molecule has 9 heteroatoms. The number of carbonyl (C=O) groups is 2. The molecule has 0 aliphatic carbocycles. The Labute approximate surface area is 157 Å². The number of carbonyl (C=O) groups excluding carboxylic acids is 2. The van der Waals surface area contributed by atoms with E-state index in [0.29, 0.717) is 5.75 Å². The van der Waals surface area contributed by atoms with Crippen LogP contribution in [-0.4, -0.2) is 44.7 Å². The summed E-state index contributed by atoms with van der Waals surface area (Å²) in [6, 6.07) is 9.60. The highest BCUT2D eigenvalue weighted by atomic mass is 32.2. The minimum atomic E-state index is -3.83. The second-order valence-electron chi connectivity index (χ2n) is 5.50. The predicted octanol–water partition coefficient (Wildman–Crippen LogP) is 1.57. The molecule has 1 aromatic carbocycles. The highest BCUT2D eigenvalue weighted by Gasteiger charge is 2.17. The van der Waals surface area contributed by atoms with Crippen molar-refractivity contribution in [2.45, 2.75) is 13.3 Å². The highest BCUT2D eigenvalue weighted by molar-refractivity contribution is 7.90. The molecular formula is C18H20N2O6S. The van der Waals surface area contributed by atoms with Gasteiger partial charge in [-0.3, -0.25) is 4.79 Å². The second kappa shape index (κ2) is 9.13. The Hall–Kier alpha value is -2.94. The largest absolute Gasteiger partial charge is 0.497 e. The third-order valence-electron chi connectivity index (χ3n) is 3.58. The van der Waals surface area contributed by atoms with Gasteiger partial charge in [-0.2, -0.15) is 0 Å². The van der Waals surface area contributed by atoms with Crippen LogP contribution >= 0.6 is 0 Å². The third-order valence-corrected chi connectivity index (χ3v) is 4.81. The summed E-state index contributed by atoms with van der Waals surface area (Å²) in [6.07, 6.45) is 1.37. The number of hydrogen-bond donors (Lipinski definition) is 1. The van der Waals surface area contributed by atoms with Crippen molar-refractivity contribution in [2.75, 3.05) is 19.5 Å². The molecular weight excluding hydrogens is 372 g/mol. The summed E-state index contributed by atoms with van der Waals surface area (Å²) in [4.78, 5) is 27.4.